The lowest BCUT2D eigenvalue weighted by atomic mass is 10.1. The molecule has 2 aromatic rings. The molecule has 0 spiro atoms. The first kappa shape index (κ1) is 21.0. The third-order valence-electron chi connectivity index (χ3n) is 3.96. The number of hydrogen-bond donors (Lipinski definition) is 1. The smallest absolute Gasteiger partial charge is 0.264 e. The van der Waals surface area contributed by atoms with E-state index in [4.69, 9.17) is 4.84 Å². The molecule has 0 heterocycles. The minimum atomic E-state index is -3.80. The third kappa shape index (κ3) is 5.61. The van der Waals surface area contributed by atoms with Gasteiger partial charge in [0.2, 0.25) is 0 Å². The fraction of sp³-hybridized carbons (Fsp3) is 0.316. The van der Waals surface area contributed by atoms with Gasteiger partial charge in [-0.05, 0) is 43.4 Å². The summed E-state index contributed by atoms with van der Waals surface area (Å²) in [7, 11) is 2.77. The highest BCUT2D eigenvalue weighted by molar-refractivity contribution is 7.89. The van der Waals surface area contributed by atoms with E-state index in [9.17, 15) is 13.2 Å². The van der Waals surface area contributed by atoms with E-state index < -0.39 is 10.0 Å². The van der Waals surface area contributed by atoms with Gasteiger partial charge in [-0.2, -0.15) is 0 Å². The van der Waals surface area contributed by atoms with Crippen molar-refractivity contribution in [1.82, 2.24) is 14.7 Å². The van der Waals surface area contributed by atoms with Crippen molar-refractivity contribution in [3.63, 3.8) is 0 Å². The van der Waals surface area contributed by atoms with Crippen molar-refractivity contribution >= 4 is 15.9 Å². The van der Waals surface area contributed by atoms with Gasteiger partial charge in [0, 0.05) is 25.7 Å². The number of hydrogen-bond acceptors (Lipinski definition) is 5. The van der Waals surface area contributed by atoms with E-state index in [-0.39, 0.29) is 16.4 Å². The minimum absolute atomic E-state index is 0.00691. The van der Waals surface area contributed by atoms with Crippen LogP contribution in [-0.4, -0.2) is 51.9 Å². The predicted octanol–water partition coefficient (Wildman–Crippen LogP) is 1.86. The van der Waals surface area contributed by atoms with E-state index in [2.05, 4.69) is 10.2 Å². The Hall–Kier alpha value is -2.26. The number of carbonyl (C=O) groups excluding carboxylic acids is 1. The van der Waals surface area contributed by atoms with Gasteiger partial charge in [-0.3, -0.25) is 9.63 Å². The van der Waals surface area contributed by atoms with Crippen LogP contribution in [-0.2, 0) is 28.0 Å². The summed E-state index contributed by atoms with van der Waals surface area (Å²) in [4.78, 5) is 19.2. The molecule has 0 aromatic heterocycles. The van der Waals surface area contributed by atoms with Gasteiger partial charge in [0.1, 0.15) is 0 Å². The quantitative estimate of drug-likeness (QED) is 0.695. The molecule has 27 heavy (non-hydrogen) atoms. The van der Waals surface area contributed by atoms with E-state index in [0.29, 0.717) is 6.54 Å². The fourth-order valence-electron chi connectivity index (χ4n) is 2.46. The number of nitrogens with one attached hydrogen (secondary N) is 1. The Morgan fingerprint density at radius 2 is 1.67 bits per heavy atom. The highest BCUT2D eigenvalue weighted by atomic mass is 32.2. The van der Waals surface area contributed by atoms with Crippen molar-refractivity contribution in [2.45, 2.75) is 18.0 Å². The number of benzene rings is 2. The van der Waals surface area contributed by atoms with Crippen molar-refractivity contribution in [3.05, 3.63) is 65.2 Å². The number of amides is 1. The van der Waals surface area contributed by atoms with Crippen LogP contribution >= 0.6 is 0 Å². The Labute approximate surface area is 160 Å². The Morgan fingerprint density at radius 1 is 1.04 bits per heavy atom. The molecule has 0 aliphatic heterocycles. The molecule has 0 aliphatic rings. The highest BCUT2D eigenvalue weighted by Gasteiger charge is 2.21. The lowest BCUT2D eigenvalue weighted by Crippen LogP contribution is -2.27. The van der Waals surface area contributed by atoms with Crippen molar-refractivity contribution in [1.29, 1.82) is 0 Å². The number of sulfonamides is 1. The zero-order valence-corrected chi connectivity index (χ0v) is 16.8. The van der Waals surface area contributed by atoms with Gasteiger partial charge in [-0.1, -0.05) is 34.8 Å². The average molecular weight is 391 g/mol. The molecule has 0 radical (unpaired) electrons. The van der Waals surface area contributed by atoms with E-state index >= 15 is 0 Å². The van der Waals surface area contributed by atoms with Gasteiger partial charge in [-0.15, -0.1) is 0 Å². The first-order valence-corrected chi connectivity index (χ1v) is 9.82. The molecule has 0 atom stereocenters. The Kier molecular flexibility index (Phi) is 7.09. The maximum atomic E-state index is 12.4. The van der Waals surface area contributed by atoms with Crippen molar-refractivity contribution in [2.24, 2.45) is 0 Å². The molecule has 0 saturated heterocycles. The van der Waals surface area contributed by atoms with E-state index in [0.717, 1.165) is 16.6 Å². The second-order valence-electron chi connectivity index (χ2n) is 6.36. The van der Waals surface area contributed by atoms with E-state index in [1.807, 2.05) is 38.4 Å². The molecular weight excluding hydrogens is 366 g/mol. The molecule has 2 rings (SSSR count). The van der Waals surface area contributed by atoms with E-state index in [1.54, 1.807) is 6.07 Å². The summed E-state index contributed by atoms with van der Waals surface area (Å²) >= 11 is 0. The fourth-order valence-corrected chi connectivity index (χ4v) is 3.48. The summed E-state index contributed by atoms with van der Waals surface area (Å²) in [5.74, 6) is -0.343. The van der Waals surface area contributed by atoms with Crippen LogP contribution in [0.1, 0.15) is 21.5 Å². The molecule has 1 amide bonds. The van der Waals surface area contributed by atoms with Gasteiger partial charge >= 0.3 is 0 Å². The summed E-state index contributed by atoms with van der Waals surface area (Å²) < 4.78 is 25.3. The van der Waals surface area contributed by atoms with Crippen molar-refractivity contribution < 1.29 is 18.0 Å². The van der Waals surface area contributed by atoms with Crippen LogP contribution in [0.25, 0.3) is 0 Å². The van der Waals surface area contributed by atoms with Gasteiger partial charge < -0.3 is 10.2 Å². The molecule has 8 heteroatoms. The third-order valence-corrected chi connectivity index (χ3v) is 5.64. The summed E-state index contributed by atoms with van der Waals surface area (Å²) in [5, 5.41) is 2.81. The highest BCUT2D eigenvalue weighted by Crippen LogP contribution is 2.16. The number of rotatable bonds is 8. The molecule has 0 saturated carbocycles. The first-order valence-electron chi connectivity index (χ1n) is 8.38. The number of carbonyl (C=O) groups is 1. The topological polar surface area (TPSA) is 78.9 Å². The molecule has 7 nitrogen and oxygen atoms in total. The molecule has 2 aromatic carbocycles. The van der Waals surface area contributed by atoms with Crippen molar-refractivity contribution in [3.8, 4) is 0 Å². The molecule has 146 valence electrons. The summed E-state index contributed by atoms with van der Waals surface area (Å²) in [6, 6.07) is 13.8. The average Bonchev–Trinajstić information content (AvgIpc) is 2.66. The van der Waals surface area contributed by atoms with Crippen LogP contribution in [0, 0.1) is 0 Å². The lowest BCUT2D eigenvalue weighted by Gasteiger charge is -2.14. The molecule has 0 bridgehead atoms. The summed E-state index contributed by atoms with van der Waals surface area (Å²) in [6.07, 6.45) is 0. The van der Waals surface area contributed by atoms with Gasteiger partial charge in [0.05, 0.1) is 12.0 Å². The number of hydroxylamine groups is 1. The van der Waals surface area contributed by atoms with Crippen molar-refractivity contribution in [2.75, 3.05) is 28.3 Å². The predicted molar refractivity (Wildman–Crippen MR) is 103 cm³/mol. The maximum Gasteiger partial charge on any atom is 0.264 e. The normalized spacial score (nSPS) is 11.8. The lowest BCUT2D eigenvalue weighted by molar-refractivity contribution is -0.0258. The SMILES string of the molecule is CON(C)S(=O)(=O)c1cccc(C(=O)NCc2ccc(CN(C)C)cc2)c1. The molecular formula is C19H25N3O4S. The minimum Gasteiger partial charge on any atom is -0.348 e. The Balaban J connectivity index is 2.05. The Morgan fingerprint density at radius 3 is 2.26 bits per heavy atom. The van der Waals surface area contributed by atoms with Crippen LogP contribution < -0.4 is 5.32 Å². The van der Waals surface area contributed by atoms with Gasteiger partial charge in [0.15, 0.2) is 0 Å². The monoisotopic (exact) mass is 391 g/mol. The second-order valence-corrected chi connectivity index (χ2v) is 8.30. The number of nitrogens with zero attached hydrogens (tertiary/aromatic N) is 2. The Bertz CT molecular complexity index is 880. The molecule has 0 unspecified atom stereocenters. The molecule has 1 N–H and O–H groups in total. The zero-order chi connectivity index (χ0) is 20.0. The van der Waals surface area contributed by atoms with Gasteiger partial charge in [0.25, 0.3) is 15.9 Å². The maximum absolute atomic E-state index is 12.4. The van der Waals surface area contributed by atoms with Crippen LogP contribution in [0.3, 0.4) is 0 Å². The van der Waals surface area contributed by atoms with Crippen LogP contribution in [0.5, 0.6) is 0 Å². The second kappa shape index (κ2) is 9.09. The summed E-state index contributed by atoms with van der Waals surface area (Å²) in [5.41, 5.74) is 2.42. The standard InChI is InChI=1S/C19H25N3O4S/c1-21(2)14-16-10-8-15(9-11-16)13-20-19(23)17-6-5-7-18(12-17)27(24,25)22(3)26-4/h5-12H,13-14H2,1-4H3,(H,20,23). The first-order chi connectivity index (χ1) is 12.7. The van der Waals surface area contributed by atoms with Crippen LogP contribution in [0.4, 0.5) is 0 Å². The zero-order valence-electron chi connectivity index (χ0n) is 16.0. The van der Waals surface area contributed by atoms with E-state index in [1.165, 1.54) is 37.9 Å². The van der Waals surface area contributed by atoms with Crippen LogP contribution in [0.2, 0.25) is 0 Å². The molecule has 0 aliphatic carbocycles. The van der Waals surface area contributed by atoms with Gasteiger partial charge in [-0.25, -0.2) is 8.42 Å². The largest absolute Gasteiger partial charge is 0.348 e. The van der Waals surface area contributed by atoms with Crippen LogP contribution in [0.15, 0.2) is 53.4 Å². The molecule has 0 fully saturated rings. The summed E-state index contributed by atoms with van der Waals surface area (Å²) in [6.45, 7) is 1.21.